The summed E-state index contributed by atoms with van der Waals surface area (Å²) in [7, 11) is -3.15. The Morgan fingerprint density at radius 2 is 2.39 bits per heavy atom. The highest BCUT2D eigenvalue weighted by Crippen LogP contribution is 2.06. The van der Waals surface area contributed by atoms with Gasteiger partial charge in [0.1, 0.15) is 0 Å². The number of aryl methyl sites for hydroxylation is 1. The molecule has 1 fully saturated rings. The topological polar surface area (TPSA) is 76.0 Å². The summed E-state index contributed by atoms with van der Waals surface area (Å²) in [6.45, 7) is 2.13. The van der Waals surface area contributed by atoms with Crippen molar-refractivity contribution in [3.63, 3.8) is 0 Å². The normalized spacial score (nSPS) is 20.3. The molecule has 0 bridgehead atoms. The van der Waals surface area contributed by atoms with Crippen LogP contribution < -0.4 is 10.0 Å². The van der Waals surface area contributed by atoms with E-state index in [1.807, 2.05) is 12.3 Å². The van der Waals surface area contributed by atoms with Crippen molar-refractivity contribution in [2.24, 2.45) is 0 Å². The standard InChI is InChI=1S/C11H20N4O2S/c16-18(17,10-11-4-1-5-12-11)14-7-3-9-15-8-2-6-13-15/h2,6,8,11-12,14H,1,3-5,7,9-10H2. The Bertz CT molecular complexity index is 438. The molecule has 1 aromatic rings. The van der Waals surface area contributed by atoms with Crippen LogP contribution in [0.5, 0.6) is 0 Å². The van der Waals surface area contributed by atoms with Crippen molar-refractivity contribution < 1.29 is 8.42 Å². The second-order valence-electron chi connectivity index (χ2n) is 4.59. The van der Waals surface area contributed by atoms with Crippen molar-refractivity contribution in [3.05, 3.63) is 18.5 Å². The van der Waals surface area contributed by atoms with Crippen molar-refractivity contribution in [1.82, 2.24) is 19.8 Å². The van der Waals surface area contributed by atoms with E-state index in [2.05, 4.69) is 15.1 Å². The summed E-state index contributed by atoms with van der Waals surface area (Å²) in [5.74, 6) is 0.189. The molecule has 1 aromatic heterocycles. The third-order valence-electron chi connectivity index (χ3n) is 3.03. The molecular weight excluding hydrogens is 252 g/mol. The summed E-state index contributed by atoms with van der Waals surface area (Å²) in [4.78, 5) is 0. The average molecular weight is 272 g/mol. The summed E-state index contributed by atoms with van der Waals surface area (Å²) < 4.78 is 28.0. The zero-order chi connectivity index (χ0) is 12.8. The molecule has 2 rings (SSSR count). The lowest BCUT2D eigenvalue weighted by molar-refractivity contribution is 0.544. The van der Waals surface area contributed by atoms with Gasteiger partial charge >= 0.3 is 0 Å². The van der Waals surface area contributed by atoms with Crippen LogP contribution in [0.1, 0.15) is 19.3 Å². The van der Waals surface area contributed by atoms with Crippen LogP contribution in [-0.4, -0.2) is 43.1 Å². The van der Waals surface area contributed by atoms with Crippen molar-refractivity contribution >= 4 is 10.0 Å². The van der Waals surface area contributed by atoms with Crippen LogP contribution in [0.4, 0.5) is 0 Å². The predicted molar refractivity (Wildman–Crippen MR) is 69.7 cm³/mol. The molecule has 0 spiro atoms. The first-order chi connectivity index (χ1) is 8.66. The highest BCUT2D eigenvalue weighted by molar-refractivity contribution is 7.89. The molecule has 1 atom stereocenters. The Morgan fingerprint density at radius 1 is 1.50 bits per heavy atom. The van der Waals surface area contributed by atoms with E-state index < -0.39 is 10.0 Å². The Kier molecular flexibility index (Phi) is 4.73. The molecular formula is C11H20N4O2S. The maximum atomic E-state index is 11.8. The van der Waals surface area contributed by atoms with Crippen molar-refractivity contribution in [1.29, 1.82) is 0 Å². The van der Waals surface area contributed by atoms with Gasteiger partial charge in [-0.2, -0.15) is 5.10 Å². The molecule has 1 saturated heterocycles. The molecule has 0 saturated carbocycles. The molecule has 0 aliphatic carbocycles. The fraction of sp³-hybridized carbons (Fsp3) is 0.727. The molecule has 18 heavy (non-hydrogen) atoms. The van der Waals surface area contributed by atoms with Gasteiger partial charge in [0.25, 0.3) is 0 Å². The van der Waals surface area contributed by atoms with Crippen LogP contribution in [-0.2, 0) is 16.6 Å². The second-order valence-corrected chi connectivity index (χ2v) is 6.44. The van der Waals surface area contributed by atoms with Crippen molar-refractivity contribution in [3.8, 4) is 0 Å². The lowest BCUT2D eigenvalue weighted by Crippen LogP contribution is -2.37. The predicted octanol–water partition coefficient (Wildman–Crippen LogP) is -0.0554. The molecule has 1 aliphatic rings. The van der Waals surface area contributed by atoms with E-state index in [1.54, 1.807) is 10.9 Å². The molecule has 102 valence electrons. The summed E-state index contributed by atoms with van der Waals surface area (Å²) in [6, 6.07) is 1.98. The Balaban J connectivity index is 1.65. The Hall–Kier alpha value is -0.920. The zero-order valence-corrected chi connectivity index (χ0v) is 11.2. The number of hydrogen-bond donors (Lipinski definition) is 2. The molecule has 1 aliphatic heterocycles. The second kappa shape index (κ2) is 6.31. The van der Waals surface area contributed by atoms with Gasteiger partial charge < -0.3 is 5.32 Å². The SMILES string of the molecule is O=S(=O)(CC1CCCN1)NCCCn1cccn1. The van der Waals surface area contributed by atoms with Crippen LogP contribution in [0.25, 0.3) is 0 Å². The first kappa shape index (κ1) is 13.5. The fourth-order valence-electron chi connectivity index (χ4n) is 2.12. The summed E-state index contributed by atoms with van der Waals surface area (Å²) in [6.07, 6.45) is 6.36. The van der Waals surface area contributed by atoms with Crippen molar-refractivity contribution in [2.75, 3.05) is 18.8 Å². The van der Waals surface area contributed by atoms with Crippen LogP contribution >= 0.6 is 0 Å². The largest absolute Gasteiger partial charge is 0.313 e. The van der Waals surface area contributed by atoms with Gasteiger partial charge in [-0.3, -0.25) is 4.68 Å². The number of hydrogen-bond acceptors (Lipinski definition) is 4. The van der Waals surface area contributed by atoms with Gasteiger partial charge in [-0.1, -0.05) is 0 Å². The number of sulfonamides is 1. The molecule has 2 N–H and O–H groups in total. The lowest BCUT2D eigenvalue weighted by Gasteiger charge is -2.11. The van der Waals surface area contributed by atoms with E-state index in [9.17, 15) is 8.42 Å². The summed E-state index contributed by atoms with van der Waals surface area (Å²) in [5.41, 5.74) is 0. The molecule has 6 nitrogen and oxygen atoms in total. The summed E-state index contributed by atoms with van der Waals surface area (Å²) in [5, 5.41) is 7.26. The smallest absolute Gasteiger partial charge is 0.213 e. The molecule has 0 amide bonds. The number of aromatic nitrogens is 2. The van der Waals surface area contributed by atoms with E-state index in [0.717, 1.165) is 32.4 Å². The number of rotatable bonds is 7. The number of nitrogens with one attached hydrogen (secondary N) is 2. The molecule has 0 radical (unpaired) electrons. The average Bonchev–Trinajstić information content (AvgIpc) is 2.96. The Labute approximate surface area is 108 Å². The molecule has 0 aromatic carbocycles. The van der Waals surface area contributed by atoms with E-state index in [-0.39, 0.29) is 11.8 Å². The van der Waals surface area contributed by atoms with Crippen LogP contribution in [0.3, 0.4) is 0 Å². The first-order valence-corrected chi connectivity index (χ1v) is 7.99. The van der Waals surface area contributed by atoms with E-state index in [1.165, 1.54) is 0 Å². The van der Waals surface area contributed by atoms with E-state index in [4.69, 9.17) is 0 Å². The van der Waals surface area contributed by atoms with Gasteiger partial charge in [0.2, 0.25) is 10.0 Å². The fourth-order valence-corrected chi connectivity index (χ4v) is 3.51. The third kappa shape index (κ3) is 4.40. The lowest BCUT2D eigenvalue weighted by atomic mass is 10.3. The van der Waals surface area contributed by atoms with Crippen LogP contribution in [0.15, 0.2) is 18.5 Å². The first-order valence-electron chi connectivity index (χ1n) is 6.34. The third-order valence-corrected chi connectivity index (χ3v) is 4.51. The van der Waals surface area contributed by atoms with Gasteiger partial charge in [-0.15, -0.1) is 0 Å². The van der Waals surface area contributed by atoms with Gasteiger partial charge in [-0.25, -0.2) is 13.1 Å². The van der Waals surface area contributed by atoms with Crippen LogP contribution in [0, 0.1) is 0 Å². The number of nitrogens with zero attached hydrogens (tertiary/aromatic N) is 2. The van der Waals surface area contributed by atoms with Gasteiger partial charge in [-0.05, 0) is 31.9 Å². The maximum Gasteiger partial charge on any atom is 0.213 e. The quantitative estimate of drug-likeness (QED) is 0.682. The van der Waals surface area contributed by atoms with E-state index in [0.29, 0.717) is 6.54 Å². The minimum Gasteiger partial charge on any atom is -0.313 e. The Morgan fingerprint density at radius 3 is 3.06 bits per heavy atom. The van der Waals surface area contributed by atoms with Crippen LogP contribution in [0.2, 0.25) is 0 Å². The van der Waals surface area contributed by atoms with Gasteiger partial charge in [0.15, 0.2) is 0 Å². The minimum absolute atomic E-state index is 0.119. The van der Waals surface area contributed by atoms with Crippen molar-refractivity contribution in [2.45, 2.75) is 31.8 Å². The summed E-state index contributed by atoms with van der Waals surface area (Å²) >= 11 is 0. The minimum atomic E-state index is -3.15. The highest BCUT2D eigenvalue weighted by Gasteiger charge is 2.21. The molecule has 2 heterocycles. The maximum absolute atomic E-state index is 11.8. The van der Waals surface area contributed by atoms with Gasteiger partial charge in [0, 0.05) is 31.5 Å². The molecule has 7 heteroatoms. The highest BCUT2D eigenvalue weighted by atomic mass is 32.2. The zero-order valence-electron chi connectivity index (χ0n) is 10.4. The molecule has 1 unspecified atom stereocenters. The van der Waals surface area contributed by atoms with Gasteiger partial charge in [0.05, 0.1) is 5.75 Å². The van der Waals surface area contributed by atoms with E-state index >= 15 is 0 Å². The monoisotopic (exact) mass is 272 g/mol.